The minimum absolute atomic E-state index is 0.0747. The maximum atomic E-state index is 14.0. The molecule has 162 valence electrons. The zero-order valence-electron chi connectivity index (χ0n) is 17.9. The summed E-state index contributed by atoms with van der Waals surface area (Å²) in [6.07, 6.45) is 0. The van der Waals surface area contributed by atoms with Gasteiger partial charge in [-0.25, -0.2) is 4.39 Å². The zero-order valence-corrected chi connectivity index (χ0v) is 18.7. The minimum Gasteiger partial charge on any atom is -0.497 e. The minimum atomic E-state index is -0.283. The van der Waals surface area contributed by atoms with Crippen molar-refractivity contribution in [2.24, 2.45) is 0 Å². The van der Waals surface area contributed by atoms with Crippen molar-refractivity contribution in [3.05, 3.63) is 53.8 Å². The lowest BCUT2D eigenvalue weighted by Crippen LogP contribution is -2.46. The molecule has 3 rings (SSSR count). The Morgan fingerprint density at radius 2 is 1.87 bits per heavy atom. The summed E-state index contributed by atoms with van der Waals surface area (Å²) >= 11 is 1.47. The Balaban J connectivity index is 1.61. The van der Waals surface area contributed by atoms with Crippen LogP contribution >= 0.6 is 11.8 Å². The summed E-state index contributed by atoms with van der Waals surface area (Å²) in [4.78, 5) is 18.2. The van der Waals surface area contributed by atoms with E-state index in [1.807, 2.05) is 37.3 Å². The van der Waals surface area contributed by atoms with E-state index in [1.165, 1.54) is 17.8 Å². The third kappa shape index (κ3) is 5.89. The molecule has 2 aromatic carbocycles. The fraction of sp³-hybridized carbons (Fsp3) is 0.435. The van der Waals surface area contributed by atoms with E-state index >= 15 is 0 Å². The van der Waals surface area contributed by atoms with Gasteiger partial charge in [-0.2, -0.15) is 0 Å². The number of anilines is 1. The number of benzene rings is 2. The van der Waals surface area contributed by atoms with Gasteiger partial charge < -0.3 is 19.9 Å². The second-order valence-electron chi connectivity index (χ2n) is 7.38. The van der Waals surface area contributed by atoms with Gasteiger partial charge in [0.15, 0.2) is 0 Å². The first kappa shape index (κ1) is 22.4. The maximum absolute atomic E-state index is 14.0. The highest BCUT2D eigenvalue weighted by atomic mass is 32.2. The lowest BCUT2D eigenvalue weighted by Gasteiger charge is -2.37. The van der Waals surface area contributed by atoms with Crippen molar-refractivity contribution in [1.82, 2.24) is 10.2 Å². The molecular weight excluding hydrogens is 401 g/mol. The molecule has 0 aromatic heterocycles. The molecule has 0 bridgehead atoms. The Hall–Kier alpha value is -2.25. The van der Waals surface area contributed by atoms with Gasteiger partial charge in [-0.1, -0.05) is 6.92 Å². The maximum Gasteiger partial charge on any atom is 0.230 e. The summed E-state index contributed by atoms with van der Waals surface area (Å²) in [5.41, 5.74) is 1.82. The molecular formula is C23H30FN3O2S. The zero-order chi connectivity index (χ0) is 21.5. The Morgan fingerprint density at radius 1 is 1.17 bits per heavy atom. The quantitative estimate of drug-likeness (QED) is 0.642. The molecule has 2 aromatic rings. The molecule has 1 atom stereocenters. The highest BCUT2D eigenvalue weighted by molar-refractivity contribution is 8.00. The number of amides is 1. The fourth-order valence-corrected chi connectivity index (χ4v) is 4.36. The van der Waals surface area contributed by atoms with Gasteiger partial charge >= 0.3 is 0 Å². The Labute approximate surface area is 182 Å². The van der Waals surface area contributed by atoms with Crippen LogP contribution in [0.2, 0.25) is 0 Å². The van der Waals surface area contributed by atoms with Gasteiger partial charge in [0.1, 0.15) is 11.6 Å². The molecule has 1 heterocycles. The molecule has 1 saturated heterocycles. The molecule has 1 aliphatic rings. The molecule has 1 N–H and O–H groups in total. The molecule has 1 amide bonds. The van der Waals surface area contributed by atoms with Crippen LogP contribution in [0.25, 0.3) is 0 Å². The molecule has 30 heavy (non-hydrogen) atoms. The number of carbonyl (C=O) groups is 1. The van der Waals surface area contributed by atoms with Crippen molar-refractivity contribution < 1.29 is 13.9 Å². The summed E-state index contributed by atoms with van der Waals surface area (Å²) < 4.78 is 19.2. The predicted molar refractivity (Wildman–Crippen MR) is 121 cm³/mol. The van der Waals surface area contributed by atoms with Crippen LogP contribution in [0.15, 0.2) is 47.4 Å². The lowest BCUT2D eigenvalue weighted by atomic mass is 10.0. The number of hydrogen-bond acceptors (Lipinski definition) is 5. The highest BCUT2D eigenvalue weighted by Gasteiger charge is 2.21. The van der Waals surface area contributed by atoms with E-state index in [9.17, 15) is 9.18 Å². The van der Waals surface area contributed by atoms with E-state index < -0.39 is 0 Å². The molecule has 0 spiro atoms. The van der Waals surface area contributed by atoms with Crippen molar-refractivity contribution in [2.45, 2.75) is 24.8 Å². The van der Waals surface area contributed by atoms with Crippen molar-refractivity contribution in [1.29, 1.82) is 0 Å². The number of methoxy groups -OCH3 is 1. The Bertz CT molecular complexity index is 839. The molecule has 1 aliphatic heterocycles. The first-order chi connectivity index (χ1) is 14.5. The smallest absolute Gasteiger partial charge is 0.230 e. The number of halogens is 1. The van der Waals surface area contributed by atoms with E-state index in [1.54, 1.807) is 13.2 Å². The fourth-order valence-electron chi connectivity index (χ4n) is 3.65. The van der Waals surface area contributed by atoms with Crippen LogP contribution in [0.3, 0.4) is 0 Å². The van der Waals surface area contributed by atoms with E-state index in [0.717, 1.165) is 54.6 Å². The van der Waals surface area contributed by atoms with Crippen LogP contribution in [0.4, 0.5) is 10.1 Å². The number of thioether (sulfide) groups is 1. The number of nitrogens with zero attached hydrogens (tertiary/aromatic N) is 2. The molecule has 1 fully saturated rings. The molecule has 0 saturated carbocycles. The number of hydrogen-bond donors (Lipinski definition) is 1. The highest BCUT2D eigenvalue weighted by Crippen LogP contribution is 2.29. The van der Waals surface area contributed by atoms with E-state index in [0.29, 0.717) is 5.75 Å². The normalized spacial score (nSPS) is 15.7. The van der Waals surface area contributed by atoms with Crippen LogP contribution in [0.1, 0.15) is 25.5 Å². The second kappa shape index (κ2) is 10.7. The van der Waals surface area contributed by atoms with Gasteiger partial charge in [0.05, 0.1) is 18.9 Å². The lowest BCUT2D eigenvalue weighted by molar-refractivity contribution is -0.119. The van der Waals surface area contributed by atoms with Crippen molar-refractivity contribution in [3.8, 4) is 5.75 Å². The van der Waals surface area contributed by atoms with E-state index in [4.69, 9.17) is 4.74 Å². The van der Waals surface area contributed by atoms with Crippen LogP contribution in [-0.2, 0) is 4.79 Å². The summed E-state index contributed by atoms with van der Waals surface area (Å²) in [7, 11) is 1.63. The van der Waals surface area contributed by atoms with Gasteiger partial charge in [0.25, 0.3) is 0 Å². The first-order valence-corrected chi connectivity index (χ1v) is 11.3. The Kier molecular flexibility index (Phi) is 7.99. The average molecular weight is 432 g/mol. The largest absolute Gasteiger partial charge is 0.497 e. The number of piperazine rings is 1. The number of rotatable bonds is 8. The van der Waals surface area contributed by atoms with Crippen molar-refractivity contribution in [2.75, 3.05) is 50.5 Å². The SMILES string of the molecule is CCN1CCN(c2ccc(F)cc2C(C)NC(=O)CSc2ccc(OC)cc2)CC1. The topological polar surface area (TPSA) is 44.8 Å². The second-order valence-corrected chi connectivity index (χ2v) is 8.43. The monoisotopic (exact) mass is 431 g/mol. The van der Waals surface area contributed by atoms with Crippen LogP contribution in [0, 0.1) is 5.82 Å². The van der Waals surface area contributed by atoms with E-state index in [2.05, 4.69) is 22.0 Å². The van der Waals surface area contributed by atoms with Crippen molar-refractivity contribution >= 4 is 23.4 Å². The summed E-state index contributed by atoms with van der Waals surface area (Å²) in [5, 5.41) is 3.03. The summed E-state index contributed by atoms with van der Waals surface area (Å²) in [6, 6.07) is 12.2. The number of ether oxygens (including phenoxy) is 1. The van der Waals surface area contributed by atoms with Gasteiger partial charge in [-0.05, 0) is 55.9 Å². The number of likely N-dealkylation sites (N-methyl/N-ethyl adjacent to an activating group) is 1. The third-order valence-electron chi connectivity index (χ3n) is 5.42. The summed E-state index contributed by atoms with van der Waals surface area (Å²) in [5.74, 6) is 0.732. The predicted octanol–water partition coefficient (Wildman–Crippen LogP) is 3.95. The molecule has 0 aliphatic carbocycles. The standard InChI is InChI=1S/C23H30FN3O2S/c1-4-26-11-13-27(14-12-26)22-10-5-18(24)15-21(22)17(2)25-23(28)16-30-20-8-6-19(29-3)7-9-20/h5-10,15,17H,4,11-14,16H2,1-3H3,(H,25,28). The number of nitrogens with one attached hydrogen (secondary N) is 1. The first-order valence-electron chi connectivity index (χ1n) is 10.3. The van der Waals surface area contributed by atoms with Crippen LogP contribution < -0.4 is 15.0 Å². The average Bonchev–Trinajstić information content (AvgIpc) is 2.78. The van der Waals surface area contributed by atoms with Gasteiger partial charge in [0.2, 0.25) is 5.91 Å². The van der Waals surface area contributed by atoms with Crippen molar-refractivity contribution in [3.63, 3.8) is 0 Å². The van der Waals surface area contributed by atoms with Gasteiger partial charge in [0, 0.05) is 42.3 Å². The third-order valence-corrected chi connectivity index (χ3v) is 6.44. The Morgan fingerprint density at radius 3 is 2.50 bits per heavy atom. The van der Waals surface area contributed by atoms with Gasteiger partial charge in [-0.3, -0.25) is 4.79 Å². The molecule has 5 nitrogen and oxygen atoms in total. The number of carbonyl (C=O) groups excluding carboxylic acids is 1. The molecule has 7 heteroatoms. The summed E-state index contributed by atoms with van der Waals surface area (Å²) in [6.45, 7) is 8.92. The molecule has 1 unspecified atom stereocenters. The molecule has 0 radical (unpaired) electrons. The van der Waals surface area contributed by atoms with Crippen LogP contribution in [0.5, 0.6) is 5.75 Å². The van der Waals surface area contributed by atoms with E-state index in [-0.39, 0.29) is 17.8 Å². The van der Waals surface area contributed by atoms with Crippen LogP contribution in [-0.4, -0.2) is 56.4 Å². The van der Waals surface area contributed by atoms with Gasteiger partial charge in [-0.15, -0.1) is 11.8 Å².